The lowest BCUT2D eigenvalue weighted by Gasteiger charge is -2.45. The minimum Gasteiger partial charge on any atom is -0.397 e. The summed E-state index contributed by atoms with van der Waals surface area (Å²) in [7, 11) is -4.48. The Morgan fingerprint density at radius 2 is 0.682 bits per heavy atom. The molecule has 5 aromatic rings. The topological polar surface area (TPSA) is 26.3 Å². The molecule has 0 unspecified atom stereocenters. The summed E-state index contributed by atoms with van der Waals surface area (Å²) in [5.41, 5.74) is 0.803. The minimum atomic E-state index is -9.58. The van der Waals surface area contributed by atoms with Crippen LogP contribution in [0.15, 0.2) is 142 Å². The van der Waals surface area contributed by atoms with Crippen molar-refractivity contribution in [2.75, 3.05) is 0 Å². The van der Waals surface area contributed by atoms with E-state index in [1.165, 1.54) is 24.3 Å². The van der Waals surface area contributed by atoms with Crippen molar-refractivity contribution in [3.8, 4) is 11.1 Å². The molecule has 0 amide bonds. The van der Waals surface area contributed by atoms with Crippen molar-refractivity contribution < 1.29 is 110 Å². The van der Waals surface area contributed by atoms with Gasteiger partial charge in [0.1, 0.15) is 0 Å². The summed E-state index contributed by atoms with van der Waals surface area (Å²) in [6.07, 6.45) is -8.17. The number of halogens is 23. The summed E-state index contributed by atoms with van der Waals surface area (Å²) in [5.74, 6) is -94.7. The molecule has 0 heterocycles. The van der Waals surface area contributed by atoms with E-state index in [1.807, 2.05) is 0 Å². The Balaban J connectivity index is 1.63. The maximum absolute atomic E-state index is 15.6. The van der Waals surface area contributed by atoms with Crippen LogP contribution in [-0.2, 0) is 8.98 Å². The van der Waals surface area contributed by atoms with Crippen LogP contribution in [0.4, 0.5) is 101 Å². The first-order chi connectivity index (χ1) is 29.9. The quantitative estimate of drug-likeness (QED) is 0.0977. The fraction of sp³-hybridized carbons (Fsp3) is 0.275. The average molecular weight is 1000 g/mol. The number of carbonyl (C=O) groups is 1. The van der Waals surface area contributed by atoms with Crippen LogP contribution >= 0.6 is 10.3 Å². The highest BCUT2D eigenvalue weighted by Gasteiger charge is 2.99. The lowest BCUT2D eigenvalue weighted by molar-refractivity contribution is -0.477. The monoisotopic (exact) mass is 1000 g/mol. The van der Waals surface area contributed by atoms with Crippen LogP contribution in [0, 0.1) is 0 Å². The average Bonchev–Trinajstić information content (AvgIpc) is 3.24. The lowest BCUT2D eigenvalue weighted by Crippen LogP contribution is -2.78. The fourth-order valence-corrected chi connectivity index (χ4v) is 9.17. The molecule has 5 rings (SSSR count). The van der Waals surface area contributed by atoms with Crippen LogP contribution in [-0.4, -0.2) is 71.4 Å². The summed E-state index contributed by atoms with van der Waals surface area (Å²) >= 11 is 0. The van der Waals surface area contributed by atoms with Crippen LogP contribution < -0.4 is 0 Å². The summed E-state index contributed by atoms with van der Waals surface area (Å²) in [6.45, 7) is 0. The Hall–Kier alpha value is -5.43. The minimum absolute atomic E-state index is 0.314. The molecule has 0 N–H and O–H groups in total. The van der Waals surface area contributed by atoms with E-state index in [1.54, 1.807) is 42.5 Å². The highest BCUT2D eigenvalue weighted by molar-refractivity contribution is 8.30. The molecule has 0 aliphatic rings. The van der Waals surface area contributed by atoms with Crippen molar-refractivity contribution in [3.05, 3.63) is 127 Å². The SMILES string of the molecule is O=C(OS(c1ccccc1)(c1ccccc1)c1ccc(-c2cccc3ccccc23)cc1)C(F)(F)C(F)(F)C(F)(F)C(F)(F)C(F)(F)C(F)(F)C(F)(F)C(F)(F)C(F)(F)C(F)(F)C(F)(F)F. The third-order valence-electron chi connectivity index (χ3n) is 9.80. The second-order valence-corrected chi connectivity index (χ2v) is 16.5. The molecule has 0 spiro atoms. The van der Waals surface area contributed by atoms with Gasteiger partial charge in [-0.1, -0.05) is 91.0 Å². The van der Waals surface area contributed by atoms with E-state index >= 15 is 26.3 Å². The molecular weight excluding hydrogens is 981 g/mol. The number of hydrogen-bond donors (Lipinski definition) is 0. The predicted octanol–water partition coefficient (Wildman–Crippen LogP) is 15.2. The van der Waals surface area contributed by atoms with E-state index in [0.29, 0.717) is 21.9 Å². The molecule has 0 aromatic heterocycles. The van der Waals surface area contributed by atoms with Crippen molar-refractivity contribution >= 4 is 27.1 Å². The van der Waals surface area contributed by atoms with E-state index in [4.69, 9.17) is 4.18 Å². The molecule has 0 aliphatic carbocycles. The molecule has 2 nitrogen and oxygen atoms in total. The van der Waals surface area contributed by atoms with Gasteiger partial charge in [0, 0.05) is 14.7 Å². The zero-order chi connectivity index (χ0) is 50.2. The number of hydrogen-bond acceptors (Lipinski definition) is 2. The number of carbonyl (C=O) groups excluding carboxylic acids is 1. The van der Waals surface area contributed by atoms with E-state index in [9.17, 15) is 79.4 Å². The van der Waals surface area contributed by atoms with Gasteiger partial charge < -0.3 is 4.18 Å². The maximum Gasteiger partial charge on any atom is 0.460 e. The molecule has 360 valence electrons. The van der Waals surface area contributed by atoms with E-state index in [0.717, 1.165) is 60.7 Å². The van der Waals surface area contributed by atoms with Crippen LogP contribution in [0.5, 0.6) is 0 Å². The lowest BCUT2D eigenvalue weighted by atomic mass is 9.85. The smallest absolute Gasteiger partial charge is 0.397 e. The molecule has 0 bridgehead atoms. The molecule has 66 heavy (non-hydrogen) atoms. The molecular formula is C40H21F23O2S. The second-order valence-electron chi connectivity index (χ2n) is 13.8. The van der Waals surface area contributed by atoms with Gasteiger partial charge >= 0.3 is 71.4 Å². The molecule has 0 saturated heterocycles. The van der Waals surface area contributed by atoms with Gasteiger partial charge in [-0.3, -0.25) is 0 Å². The highest BCUT2D eigenvalue weighted by atomic mass is 32.3. The van der Waals surface area contributed by atoms with E-state index in [-0.39, 0.29) is 0 Å². The van der Waals surface area contributed by atoms with Gasteiger partial charge in [0.2, 0.25) is 0 Å². The summed E-state index contributed by atoms with van der Waals surface area (Å²) in [4.78, 5) is 11.8. The first kappa shape index (κ1) is 51.6. The number of alkyl halides is 23. The summed E-state index contributed by atoms with van der Waals surface area (Å²) < 4.78 is 331. The second kappa shape index (κ2) is 16.1. The number of rotatable bonds is 15. The summed E-state index contributed by atoms with van der Waals surface area (Å²) in [6, 6.07) is 26.8. The maximum atomic E-state index is 15.6. The van der Waals surface area contributed by atoms with Crippen LogP contribution in [0.1, 0.15) is 0 Å². The summed E-state index contributed by atoms with van der Waals surface area (Å²) in [5, 5.41) is 1.30. The third-order valence-corrected chi connectivity index (χ3v) is 13.0. The normalized spacial score (nSPS) is 14.9. The van der Waals surface area contributed by atoms with Crippen molar-refractivity contribution in [1.29, 1.82) is 0 Å². The third kappa shape index (κ3) is 7.17. The van der Waals surface area contributed by atoms with Gasteiger partial charge in [-0.25, -0.2) is 4.79 Å². The van der Waals surface area contributed by atoms with Crippen molar-refractivity contribution in [2.45, 2.75) is 80.1 Å². The Bertz CT molecular complexity index is 2500. The fourth-order valence-electron chi connectivity index (χ4n) is 6.13. The first-order valence-electron chi connectivity index (χ1n) is 17.5. The Morgan fingerprint density at radius 3 is 1.09 bits per heavy atom. The van der Waals surface area contributed by atoms with E-state index < -0.39 is 96.4 Å². The molecule has 0 radical (unpaired) electrons. The van der Waals surface area contributed by atoms with E-state index in [2.05, 4.69) is 0 Å². The largest absolute Gasteiger partial charge is 0.460 e. The van der Waals surface area contributed by atoms with Crippen LogP contribution in [0.2, 0.25) is 0 Å². The molecule has 0 saturated carbocycles. The van der Waals surface area contributed by atoms with Gasteiger partial charge in [-0.15, -0.1) is 0 Å². The number of fused-ring (bicyclic) bond motifs is 1. The highest BCUT2D eigenvalue weighted by Crippen LogP contribution is 2.71. The Labute approximate surface area is 355 Å². The van der Waals surface area contributed by atoms with Crippen molar-refractivity contribution in [1.82, 2.24) is 0 Å². The predicted molar refractivity (Wildman–Crippen MR) is 186 cm³/mol. The Kier molecular flexibility index (Phi) is 12.6. The molecule has 26 heteroatoms. The first-order valence-corrected chi connectivity index (χ1v) is 19.1. The Morgan fingerprint density at radius 1 is 0.348 bits per heavy atom. The zero-order valence-electron chi connectivity index (χ0n) is 31.5. The molecule has 0 atom stereocenters. The molecule has 0 fully saturated rings. The van der Waals surface area contributed by atoms with Crippen molar-refractivity contribution in [3.63, 3.8) is 0 Å². The van der Waals surface area contributed by atoms with Gasteiger partial charge in [-0.2, -0.15) is 101 Å². The van der Waals surface area contributed by atoms with Crippen LogP contribution in [0.25, 0.3) is 21.9 Å². The zero-order valence-corrected chi connectivity index (χ0v) is 32.4. The standard InChI is InChI=1S/C40H21F23O2S/c41-30(42,31(43,44)32(45,46)33(47,48)34(49,50)35(51,52)36(53,54)37(55,56)38(57,58)39(59,60)40(61,62)63)29(64)65-66(24-12-3-1-4-13-24,25-14-5-2-6-15-25)26-20-18-23(19-21-26)28-17-9-11-22-10-7-8-16-27(22)28/h1-21H. The van der Waals surface area contributed by atoms with Crippen molar-refractivity contribution in [2.24, 2.45) is 0 Å². The molecule has 5 aromatic carbocycles. The van der Waals surface area contributed by atoms with Gasteiger partial charge in [-0.05, 0) is 68.6 Å². The van der Waals surface area contributed by atoms with Crippen LogP contribution in [0.3, 0.4) is 0 Å². The van der Waals surface area contributed by atoms with Gasteiger partial charge in [0.15, 0.2) is 0 Å². The van der Waals surface area contributed by atoms with Gasteiger partial charge in [0.05, 0.1) is 0 Å². The number of benzene rings is 5. The molecule has 0 aliphatic heterocycles. The van der Waals surface area contributed by atoms with Gasteiger partial charge in [0.25, 0.3) is 0 Å².